The van der Waals surface area contributed by atoms with Crippen LogP contribution in [0.15, 0.2) is 106 Å². The van der Waals surface area contributed by atoms with Crippen LogP contribution < -0.4 is 19.6 Å². The van der Waals surface area contributed by atoms with Crippen molar-refractivity contribution in [1.82, 2.24) is 4.57 Å². The highest BCUT2D eigenvalue weighted by atomic mass is 32.1. The van der Waals surface area contributed by atoms with Crippen LogP contribution >= 0.6 is 11.3 Å². The Hall–Kier alpha value is -4.23. The largest absolute Gasteiger partial charge is 0.488 e. The van der Waals surface area contributed by atoms with Crippen molar-refractivity contribution in [2.75, 3.05) is 7.11 Å². The molecule has 0 spiro atoms. The number of hydrogen-bond donors (Lipinski definition) is 0. The van der Waals surface area contributed by atoms with Gasteiger partial charge in [0, 0.05) is 5.56 Å². The SMILES string of the molecule is CCC1=C(C(=O)OC)[C@H](c2ccccc2)n2c(s/c(=C/c3ccccc3OCc3ccccc3)c2=O)=N1. The van der Waals surface area contributed by atoms with E-state index in [-0.39, 0.29) is 5.56 Å². The van der Waals surface area contributed by atoms with Crippen LogP contribution in [0.3, 0.4) is 0 Å². The van der Waals surface area contributed by atoms with E-state index in [2.05, 4.69) is 0 Å². The molecule has 37 heavy (non-hydrogen) atoms. The Morgan fingerprint density at radius 2 is 1.68 bits per heavy atom. The van der Waals surface area contributed by atoms with Crippen LogP contribution in [0.25, 0.3) is 6.08 Å². The number of para-hydroxylation sites is 1. The number of aromatic nitrogens is 1. The van der Waals surface area contributed by atoms with E-state index in [1.807, 2.05) is 97.9 Å². The summed E-state index contributed by atoms with van der Waals surface area (Å²) in [7, 11) is 1.35. The summed E-state index contributed by atoms with van der Waals surface area (Å²) < 4.78 is 13.3. The summed E-state index contributed by atoms with van der Waals surface area (Å²) in [5.41, 5.74) is 3.47. The van der Waals surface area contributed by atoms with E-state index >= 15 is 0 Å². The van der Waals surface area contributed by atoms with Crippen LogP contribution in [0, 0.1) is 0 Å². The molecule has 0 bridgehead atoms. The number of nitrogens with zero attached hydrogens (tertiary/aromatic N) is 2. The van der Waals surface area contributed by atoms with Gasteiger partial charge in [0.25, 0.3) is 5.56 Å². The molecule has 0 amide bonds. The first-order valence-electron chi connectivity index (χ1n) is 12.0. The lowest BCUT2D eigenvalue weighted by molar-refractivity contribution is -0.136. The molecule has 1 aromatic heterocycles. The number of thiazole rings is 1. The first-order chi connectivity index (χ1) is 18.1. The number of rotatable bonds is 7. The molecule has 0 saturated carbocycles. The van der Waals surface area contributed by atoms with Gasteiger partial charge in [0.05, 0.1) is 29.0 Å². The summed E-state index contributed by atoms with van der Waals surface area (Å²) in [5, 5.41) is 0. The molecule has 0 unspecified atom stereocenters. The van der Waals surface area contributed by atoms with Crippen LogP contribution in [-0.2, 0) is 16.1 Å². The highest BCUT2D eigenvalue weighted by molar-refractivity contribution is 7.07. The number of carbonyl (C=O) groups is 1. The average molecular weight is 511 g/mol. The lowest BCUT2D eigenvalue weighted by Gasteiger charge is -2.25. The second kappa shape index (κ2) is 10.8. The predicted molar refractivity (Wildman–Crippen MR) is 144 cm³/mol. The van der Waals surface area contributed by atoms with Crippen molar-refractivity contribution >= 4 is 23.4 Å². The van der Waals surface area contributed by atoms with E-state index in [1.165, 1.54) is 18.4 Å². The van der Waals surface area contributed by atoms with Crippen molar-refractivity contribution in [1.29, 1.82) is 0 Å². The number of hydrogen-bond acceptors (Lipinski definition) is 6. The van der Waals surface area contributed by atoms with Gasteiger partial charge < -0.3 is 9.47 Å². The fraction of sp³-hybridized carbons (Fsp3) is 0.167. The number of allylic oxidation sites excluding steroid dienone is 1. The first-order valence-corrected chi connectivity index (χ1v) is 12.9. The van der Waals surface area contributed by atoms with Gasteiger partial charge in [-0.2, -0.15) is 0 Å². The zero-order chi connectivity index (χ0) is 25.8. The second-order valence-corrected chi connectivity index (χ2v) is 9.52. The van der Waals surface area contributed by atoms with Crippen molar-refractivity contribution in [3.05, 3.63) is 133 Å². The molecule has 2 heterocycles. The molecule has 0 fully saturated rings. The normalized spacial score (nSPS) is 15.2. The quantitative estimate of drug-likeness (QED) is 0.346. The maximum atomic E-state index is 13.8. The molecule has 4 aromatic rings. The number of ether oxygens (including phenoxy) is 2. The van der Waals surface area contributed by atoms with E-state index in [9.17, 15) is 9.59 Å². The summed E-state index contributed by atoms with van der Waals surface area (Å²) in [6.45, 7) is 2.36. The van der Waals surface area contributed by atoms with E-state index in [0.29, 0.717) is 39.4 Å². The Bertz CT molecular complexity index is 1640. The molecule has 3 aromatic carbocycles. The molecular weight excluding hydrogens is 484 g/mol. The molecule has 0 saturated heterocycles. The minimum Gasteiger partial charge on any atom is -0.488 e. The standard InChI is InChI=1S/C30H26N2O4S/c1-3-23-26(29(34)35-2)27(21-14-8-5-9-15-21)32-28(33)25(37-30(32)31-23)18-22-16-10-11-17-24(22)36-19-20-12-6-4-7-13-20/h4-18,27H,3,19H2,1-2H3/b25-18+/t27-/m0/s1. The van der Waals surface area contributed by atoms with Crippen molar-refractivity contribution in [2.45, 2.75) is 26.0 Å². The summed E-state index contributed by atoms with van der Waals surface area (Å²) in [5.74, 6) is 0.199. The van der Waals surface area contributed by atoms with Gasteiger partial charge in [-0.1, -0.05) is 97.1 Å². The van der Waals surface area contributed by atoms with E-state index < -0.39 is 12.0 Å². The van der Waals surface area contributed by atoms with Crippen LogP contribution in [0.4, 0.5) is 0 Å². The van der Waals surface area contributed by atoms with Crippen molar-refractivity contribution in [3.8, 4) is 5.75 Å². The monoisotopic (exact) mass is 510 g/mol. The number of methoxy groups -OCH3 is 1. The minimum atomic E-state index is -0.619. The molecule has 7 heteroatoms. The zero-order valence-electron chi connectivity index (χ0n) is 20.6. The lowest BCUT2D eigenvalue weighted by atomic mass is 9.95. The Balaban J connectivity index is 1.63. The molecule has 0 aliphatic carbocycles. The first kappa shape index (κ1) is 24.5. The Labute approximate surface area is 218 Å². The van der Waals surface area contributed by atoms with Crippen LogP contribution in [-0.4, -0.2) is 17.6 Å². The number of esters is 1. The predicted octanol–water partition coefficient (Wildman–Crippen LogP) is 4.38. The maximum Gasteiger partial charge on any atom is 0.338 e. The number of fused-ring (bicyclic) bond motifs is 1. The molecule has 186 valence electrons. The lowest BCUT2D eigenvalue weighted by Crippen LogP contribution is -2.40. The molecule has 1 aliphatic rings. The third-order valence-corrected chi connectivity index (χ3v) is 7.19. The van der Waals surface area contributed by atoms with Crippen molar-refractivity contribution in [2.24, 2.45) is 4.99 Å². The molecule has 0 radical (unpaired) electrons. The topological polar surface area (TPSA) is 69.9 Å². The summed E-state index contributed by atoms with van der Waals surface area (Å²) in [6, 6.07) is 26.5. The molecule has 5 rings (SSSR count). The molecule has 1 atom stereocenters. The van der Waals surface area contributed by atoms with Crippen molar-refractivity contribution in [3.63, 3.8) is 0 Å². The van der Waals surface area contributed by atoms with Gasteiger partial charge in [0.1, 0.15) is 12.4 Å². The van der Waals surface area contributed by atoms with Crippen LogP contribution in [0.1, 0.15) is 36.1 Å². The van der Waals surface area contributed by atoms with E-state index in [4.69, 9.17) is 14.5 Å². The third kappa shape index (κ3) is 4.90. The number of benzene rings is 3. The van der Waals surface area contributed by atoms with Gasteiger partial charge in [-0.3, -0.25) is 9.36 Å². The van der Waals surface area contributed by atoms with Crippen LogP contribution in [0.5, 0.6) is 5.75 Å². The smallest absolute Gasteiger partial charge is 0.338 e. The highest BCUT2D eigenvalue weighted by Gasteiger charge is 2.33. The van der Waals surface area contributed by atoms with Crippen molar-refractivity contribution < 1.29 is 14.3 Å². The maximum absolute atomic E-state index is 13.8. The minimum absolute atomic E-state index is 0.216. The Kier molecular flexibility index (Phi) is 7.14. The highest BCUT2D eigenvalue weighted by Crippen LogP contribution is 2.31. The fourth-order valence-electron chi connectivity index (χ4n) is 4.42. The van der Waals surface area contributed by atoms with Gasteiger partial charge in [-0.25, -0.2) is 9.79 Å². The third-order valence-electron chi connectivity index (χ3n) is 6.21. The van der Waals surface area contributed by atoms with Gasteiger partial charge in [0.15, 0.2) is 4.80 Å². The van der Waals surface area contributed by atoms with Gasteiger partial charge in [0.2, 0.25) is 0 Å². The average Bonchev–Trinajstić information content (AvgIpc) is 3.26. The number of carbonyl (C=O) groups excluding carboxylic acids is 1. The summed E-state index contributed by atoms with van der Waals surface area (Å²) >= 11 is 1.31. The molecule has 1 aliphatic heterocycles. The zero-order valence-corrected chi connectivity index (χ0v) is 21.4. The van der Waals surface area contributed by atoms with E-state index in [1.54, 1.807) is 4.57 Å². The summed E-state index contributed by atoms with van der Waals surface area (Å²) in [6.07, 6.45) is 2.37. The molecule has 6 nitrogen and oxygen atoms in total. The Morgan fingerprint density at radius 1 is 1.00 bits per heavy atom. The van der Waals surface area contributed by atoms with Gasteiger partial charge in [-0.15, -0.1) is 0 Å². The van der Waals surface area contributed by atoms with Gasteiger partial charge in [-0.05, 0) is 29.7 Å². The second-order valence-electron chi connectivity index (χ2n) is 8.51. The fourth-order valence-corrected chi connectivity index (χ4v) is 5.43. The van der Waals surface area contributed by atoms with Gasteiger partial charge >= 0.3 is 5.97 Å². The molecular formula is C30H26N2O4S. The van der Waals surface area contributed by atoms with E-state index in [0.717, 1.165) is 16.7 Å². The molecule has 0 N–H and O–H groups in total. The summed E-state index contributed by atoms with van der Waals surface area (Å²) in [4.78, 5) is 32.0. The van der Waals surface area contributed by atoms with Crippen LogP contribution in [0.2, 0.25) is 0 Å². The Morgan fingerprint density at radius 3 is 2.38 bits per heavy atom.